The first-order chi connectivity index (χ1) is 9.70. The number of hydrogen-bond acceptors (Lipinski definition) is 7. The second kappa shape index (κ2) is 6.21. The molecule has 1 aromatic carbocycles. The molecule has 0 aliphatic carbocycles. The van der Waals surface area contributed by atoms with E-state index in [1.807, 2.05) is 0 Å². The summed E-state index contributed by atoms with van der Waals surface area (Å²) in [6.45, 7) is 1.47. The summed E-state index contributed by atoms with van der Waals surface area (Å²) in [6.07, 6.45) is 0. The molecule has 0 unspecified atom stereocenters. The number of nitriles is 1. The van der Waals surface area contributed by atoms with Crippen molar-refractivity contribution >= 4 is 27.4 Å². The number of hydrazone groups is 1. The van der Waals surface area contributed by atoms with Crippen molar-refractivity contribution in [2.24, 2.45) is 10.8 Å². The molecule has 0 saturated carbocycles. The molecule has 0 spiro atoms. The van der Waals surface area contributed by atoms with Crippen LogP contribution in [0.4, 0.5) is 5.69 Å². The number of ether oxygens (including phenoxy) is 1. The predicted molar refractivity (Wildman–Crippen MR) is 76.1 cm³/mol. The summed E-state index contributed by atoms with van der Waals surface area (Å²) in [5.41, 5.74) is 7.75. The van der Waals surface area contributed by atoms with Gasteiger partial charge in [0.1, 0.15) is 16.7 Å². The number of benzene rings is 1. The van der Waals surface area contributed by atoms with Crippen LogP contribution in [0.3, 0.4) is 0 Å². The lowest BCUT2D eigenvalue weighted by molar-refractivity contribution is 0.414. The molecule has 0 bridgehead atoms. The van der Waals surface area contributed by atoms with Crippen molar-refractivity contribution in [3.63, 3.8) is 0 Å². The molecule has 0 atom stereocenters. The van der Waals surface area contributed by atoms with Crippen molar-refractivity contribution in [2.75, 3.05) is 12.5 Å². The quantitative estimate of drug-likeness (QED) is 0.266. The molecule has 0 radical (unpaired) electrons. The third-order valence-corrected chi connectivity index (χ3v) is 3.42. The fraction of sp³-hybridized carbons (Fsp3) is 0.182. The molecular weight excluding hydrogens is 298 g/mol. The molecule has 1 rings (SSSR count). The second-order valence-electron chi connectivity index (χ2n) is 3.89. The maximum atomic E-state index is 11.2. The normalized spacial score (nSPS) is 11.6. The number of nitrogens with zero attached hydrogens (tertiary/aromatic N) is 2. The first kappa shape index (κ1) is 16.4. The van der Waals surface area contributed by atoms with Crippen molar-refractivity contribution < 1.29 is 17.7 Å². The molecule has 21 heavy (non-hydrogen) atoms. The third kappa shape index (κ3) is 3.91. The number of amidine groups is 1. The van der Waals surface area contributed by atoms with Gasteiger partial charge in [-0.1, -0.05) is 0 Å². The minimum Gasteiger partial charge on any atom is -0.494 e. The van der Waals surface area contributed by atoms with Crippen LogP contribution in [0.5, 0.6) is 5.75 Å². The highest BCUT2D eigenvalue weighted by atomic mass is 32.2. The Kier molecular flexibility index (Phi) is 4.85. The van der Waals surface area contributed by atoms with Gasteiger partial charge in [-0.05, 0) is 18.6 Å². The van der Waals surface area contributed by atoms with Crippen LogP contribution in [0.25, 0.3) is 0 Å². The molecule has 0 aromatic heterocycles. The predicted octanol–water partition coefficient (Wildman–Crippen LogP) is 0.478. The molecule has 1 aromatic rings. The fourth-order valence-corrected chi connectivity index (χ4v) is 2.19. The van der Waals surface area contributed by atoms with Crippen molar-refractivity contribution in [3.05, 3.63) is 17.7 Å². The second-order valence-corrected chi connectivity index (χ2v) is 5.28. The topological polar surface area (TPSA) is 162 Å². The highest BCUT2D eigenvalue weighted by Crippen LogP contribution is 2.30. The summed E-state index contributed by atoms with van der Waals surface area (Å²) in [4.78, 5) is -0.305. The zero-order valence-corrected chi connectivity index (χ0v) is 12.0. The number of hydrogen-bond donors (Lipinski definition) is 4. The first-order valence-corrected chi connectivity index (χ1v) is 6.89. The van der Waals surface area contributed by atoms with Gasteiger partial charge in [-0.25, -0.2) is 0 Å². The molecule has 0 aliphatic heterocycles. The molecule has 0 saturated heterocycles. The minimum absolute atomic E-state index is 0.0813. The summed E-state index contributed by atoms with van der Waals surface area (Å²) in [7, 11) is -3.09. The average molecular weight is 311 g/mol. The van der Waals surface area contributed by atoms with E-state index in [1.54, 1.807) is 6.07 Å². The molecule has 10 heteroatoms. The van der Waals surface area contributed by atoms with Gasteiger partial charge in [-0.15, -0.1) is 0 Å². The van der Waals surface area contributed by atoms with Crippen LogP contribution >= 0.6 is 0 Å². The molecule has 0 amide bonds. The molecule has 0 heterocycles. The summed E-state index contributed by atoms with van der Waals surface area (Å²) in [6, 6.07) is 4.10. The van der Waals surface area contributed by atoms with E-state index in [1.165, 1.54) is 20.1 Å². The lowest BCUT2D eigenvalue weighted by Gasteiger charge is -2.11. The zero-order valence-electron chi connectivity index (χ0n) is 11.2. The summed E-state index contributed by atoms with van der Waals surface area (Å²) in [5.74, 6) is -0.437. The molecular formula is C11H13N5O4S. The van der Waals surface area contributed by atoms with Crippen LogP contribution in [0, 0.1) is 23.7 Å². The highest BCUT2D eigenvalue weighted by Gasteiger charge is 2.17. The van der Waals surface area contributed by atoms with Gasteiger partial charge in [-0.2, -0.15) is 18.8 Å². The Morgan fingerprint density at radius 2 is 2.19 bits per heavy atom. The van der Waals surface area contributed by atoms with E-state index in [-0.39, 0.29) is 27.6 Å². The van der Waals surface area contributed by atoms with Crippen LogP contribution in [0.15, 0.2) is 22.1 Å². The Labute approximate surface area is 121 Å². The van der Waals surface area contributed by atoms with Crippen LogP contribution in [-0.4, -0.2) is 31.6 Å². The number of rotatable bonds is 5. The van der Waals surface area contributed by atoms with Crippen LogP contribution in [0.1, 0.15) is 5.56 Å². The maximum Gasteiger partial charge on any atom is 0.294 e. The SMILES string of the molecule is COc1cc(S(=O)(=O)O)c(C)cc1N/N=C(\C#N)C(=N)N. The van der Waals surface area contributed by atoms with E-state index in [4.69, 9.17) is 25.7 Å². The summed E-state index contributed by atoms with van der Waals surface area (Å²) < 4.78 is 36.5. The summed E-state index contributed by atoms with van der Waals surface area (Å²) in [5, 5.41) is 19.5. The van der Waals surface area contributed by atoms with Gasteiger partial charge in [0, 0.05) is 6.07 Å². The average Bonchev–Trinajstić information content (AvgIpc) is 2.37. The fourth-order valence-electron chi connectivity index (χ4n) is 1.47. The number of aryl methyl sites for hydroxylation is 1. The van der Waals surface area contributed by atoms with E-state index in [2.05, 4.69) is 10.5 Å². The van der Waals surface area contributed by atoms with E-state index in [0.717, 1.165) is 6.07 Å². The Bertz CT molecular complexity index is 749. The smallest absolute Gasteiger partial charge is 0.294 e. The van der Waals surface area contributed by atoms with Crippen LogP contribution in [0.2, 0.25) is 0 Å². The Morgan fingerprint density at radius 3 is 2.62 bits per heavy atom. The molecule has 0 fully saturated rings. The lowest BCUT2D eigenvalue weighted by Crippen LogP contribution is -2.22. The largest absolute Gasteiger partial charge is 0.494 e. The van der Waals surface area contributed by atoms with Crippen LogP contribution in [-0.2, 0) is 10.1 Å². The van der Waals surface area contributed by atoms with Crippen LogP contribution < -0.4 is 15.9 Å². The highest BCUT2D eigenvalue weighted by molar-refractivity contribution is 7.85. The van der Waals surface area contributed by atoms with Gasteiger partial charge < -0.3 is 10.5 Å². The van der Waals surface area contributed by atoms with E-state index in [9.17, 15) is 8.42 Å². The maximum absolute atomic E-state index is 11.2. The monoisotopic (exact) mass is 311 g/mol. The van der Waals surface area contributed by atoms with E-state index >= 15 is 0 Å². The first-order valence-electron chi connectivity index (χ1n) is 5.45. The Morgan fingerprint density at radius 1 is 1.57 bits per heavy atom. The summed E-state index contributed by atoms with van der Waals surface area (Å²) >= 11 is 0. The van der Waals surface area contributed by atoms with Gasteiger partial charge >= 0.3 is 0 Å². The molecule has 5 N–H and O–H groups in total. The zero-order chi connectivity index (χ0) is 16.2. The molecule has 112 valence electrons. The van der Waals surface area contributed by atoms with Gasteiger partial charge in [0.2, 0.25) is 5.71 Å². The standard InChI is InChI=1S/C11H13N5O4S/c1-6-3-7(15-16-8(5-12)11(13)14)9(20-2)4-10(6)21(17,18)19/h3-4,15H,1-2H3,(H3,13,14)(H,17,18,19)/b16-8+. The van der Waals surface area contributed by atoms with Crippen molar-refractivity contribution in [1.29, 1.82) is 10.7 Å². The van der Waals surface area contributed by atoms with Crippen molar-refractivity contribution in [1.82, 2.24) is 0 Å². The van der Waals surface area contributed by atoms with Crippen molar-refractivity contribution in [2.45, 2.75) is 11.8 Å². The van der Waals surface area contributed by atoms with Crippen molar-refractivity contribution in [3.8, 4) is 11.8 Å². The van der Waals surface area contributed by atoms with E-state index < -0.39 is 16.0 Å². The Hall–Kier alpha value is -2.64. The van der Waals surface area contributed by atoms with E-state index in [0.29, 0.717) is 0 Å². The minimum atomic E-state index is -4.38. The molecule has 0 aliphatic rings. The third-order valence-electron chi connectivity index (χ3n) is 2.42. The van der Waals surface area contributed by atoms with Gasteiger partial charge in [0.25, 0.3) is 10.1 Å². The lowest BCUT2D eigenvalue weighted by atomic mass is 10.2. The number of nitrogens with one attached hydrogen (secondary N) is 2. The number of anilines is 1. The van der Waals surface area contributed by atoms with Gasteiger partial charge in [-0.3, -0.25) is 15.4 Å². The Balaban J connectivity index is 3.31. The number of methoxy groups -OCH3 is 1. The van der Waals surface area contributed by atoms with Gasteiger partial charge in [0.15, 0.2) is 5.84 Å². The number of nitrogens with two attached hydrogens (primary N) is 1. The molecule has 9 nitrogen and oxygen atoms in total. The van der Waals surface area contributed by atoms with Gasteiger partial charge in [0.05, 0.1) is 12.8 Å².